The van der Waals surface area contributed by atoms with Crippen LogP contribution in [0.15, 0.2) is 59.8 Å². The van der Waals surface area contributed by atoms with E-state index < -0.39 is 39.1 Å². The van der Waals surface area contributed by atoms with Gasteiger partial charge in [-0.15, -0.1) is 11.3 Å². The number of amides is 1. The number of anilines is 1. The number of aliphatic carboxylic acids is 1. The molecule has 0 bridgehead atoms. The van der Waals surface area contributed by atoms with Crippen LogP contribution in [0.2, 0.25) is 0 Å². The number of ether oxygens (including phenoxy) is 1. The minimum atomic E-state index is -4.07. The Hall–Kier alpha value is -3.35. The summed E-state index contributed by atoms with van der Waals surface area (Å²) in [6.45, 7) is 16.6. The Balaban J connectivity index is 2.09. The summed E-state index contributed by atoms with van der Waals surface area (Å²) in [6, 6.07) is 12.1. The van der Waals surface area contributed by atoms with Crippen LogP contribution in [-0.2, 0) is 38.1 Å². The third-order valence-corrected chi connectivity index (χ3v) is 10.2. The highest BCUT2D eigenvalue weighted by molar-refractivity contribution is 7.89. The zero-order chi connectivity index (χ0) is 33.1. The molecule has 3 aromatic rings. The molecule has 0 aromatic carbocycles. The van der Waals surface area contributed by atoms with Gasteiger partial charge in [0, 0.05) is 22.5 Å². The minimum Gasteiger partial charge on any atom is -0.480 e. The largest absolute Gasteiger partial charge is 0.480 e. The van der Waals surface area contributed by atoms with E-state index in [0.29, 0.717) is 5.69 Å². The number of carboxylic acids is 1. The van der Waals surface area contributed by atoms with Crippen molar-refractivity contribution in [2.24, 2.45) is 5.41 Å². The minimum absolute atomic E-state index is 0.0392. The van der Waals surface area contributed by atoms with Gasteiger partial charge in [0.1, 0.15) is 17.5 Å². The molecule has 0 radical (unpaired) electrons. The molecule has 0 aliphatic carbocycles. The Kier molecular flexibility index (Phi) is 10.6. The van der Waals surface area contributed by atoms with Crippen molar-refractivity contribution in [2.45, 2.75) is 104 Å². The van der Waals surface area contributed by atoms with E-state index in [0.717, 1.165) is 21.1 Å². The van der Waals surface area contributed by atoms with Gasteiger partial charge >= 0.3 is 12.1 Å². The van der Waals surface area contributed by atoms with Crippen LogP contribution in [0.3, 0.4) is 0 Å². The summed E-state index contributed by atoms with van der Waals surface area (Å²) in [5.74, 6) is -1.18. The van der Waals surface area contributed by atoms with Gasteiger partial charge in [-0.2, -0.15) is 4.31 Å². The van der Waals surface area contributed by atoms with Crippen molar-refractivity contribution in [2.75, 3.05) is 4.90 Å². The fourth-order valence-corrected chi connectivity index (χ4v) is 7.01. The first kappa shape index (κ1) is 35.1. The van der Waals surface area contributed by atoms with Crippen LogP contribution in [0.1, 0.15) is 84.2 Å². The van der Waals surface area contributed by atoms with Gasteiger partial charge < -0.3 is 9.84 Å². The summed E-state index contributed by atoms with van der Waals surface area (Å²) in [6.07, 6.45) is 1.49. The molecule has 10 nitrogen and oxygen atoms in total. The lowest BCUT2D eigenvalue weighted by Gasteiger charge is -2.37. The number of hydrogen-bond donors (Lipinski definition) is 1. The van der Waals surface area contributed by atoms with Crippen molar-refractivity contribution in [3.63, 3.8) is 0 Å². The molecule has 0 fully saturated rings. The Morgan fingerprint density at radius 3 is 2.18 bits per heavy atom. The SMILES string of the molecule is CCC(C)(C)c1ccc(CN(Cc2cccc(N(C(=O)OC(C)(C)C)C(C(=O)O)C(C)(C)C)n2)S(=O)(=O)c2ccccn2)s1. The molecule has 240 valence electrons. The van der Waals surface area contributed by atoms with Crippen LogP contribution >= 0.6 is 11.3 Å². The van der Waals surface area contributed by atoms with E-state index in [1.807, 2.05) is 12.1 Å². The molecule has 0 aliphatic heterocycles. The monoisotopic (exact) mass is 644 g/mol. The van der Waals surface area contributed by atoms with E-state index in [2.05, 4.69) is 30.7 Å². The van der Waals surface area contributed by atoms with Gasteiger partial charge in [0.2, 0.25) is 0 Å². The molecule has 0 saturated carbocycles. The Morgan fingerprint density at radius 2 is 1.64 bits per heavy atom. The summed E-state index contributed by atoms with van der Waals surface area (Å²) >= 11 is 1.56. The number of rotatable bonds is 11. The second kappa shape index (κ2) is 13.3. The van der Waals surface area contributed by atoms with Crippen molar-refractivity contribution < 1.29 is 27.9 Å². The number of nitrogens with zero attached hydrogens (tertiary/aromatic N) is 4. The molecule has 3 aromatic heterocycles. The van der Waals surface area contributed by atoms with Crippen molar-refractivity contribution >= 4 is 39.2 Å². The highest BCUT2D eigenvalue weighted by atomic mass is 32.2. The first-order valence-electron chi connectivity index (χ1n) is 14.5. The zero-order valence-corrected chi connectivity index (χ0v) is 28.6. The Labute approximate surface area is 265 Å². The fraction of sp³-hybridized carbons (Fsp3) is 0.500. The molecule has 1 unspecified atom stereocenters. The number of pyridine rings is 2. The number of hydrogen-bond acceptors (Lipinski definition) is 8. The standard InChI is InChI=1S/C32H44N4O6S2/c1-10-32(8,9)24-18-17-23(43-24)21-35(44(40,41)26-16-11-12-19-33-26)20-22-14-13-15-25(34-22)36(29(39)42-31(5,6)7)27(28(37)38)30(2,3)4/h11-19,27H,10,20-21H2,1-9H3,(H,37,38). The average Bonchev–Trinajstić information content (AvgIpc) is 3.39. The van der Waals surface area contributed by atoms with Crippen LogP contribution in [0.4, 0.5) is 10.6 Å². The zero-order valence-electron chi connectivity index (χ0n) is 27.0. The fourth-order valence-electron chi connectivity index (χ4n) is 4.41. The van der Waals surface area contributed by atoms with Gasteiger partial charge in [-0.1, -0.05) is 53.7 Å². The molecule has 12 heteroatoms. The van der Waals surface area contributed by atoms with Crippen molar-refractivity contribution in [1.82, 2.24) is 14.3 Å². The van der Waals surface area contributed by atoms with Crippen molar-refractivity contribution in [3.8, 4) is 0 Å². The number of aromatic nitrogens is 2. The van der Waals surface area contributed by atoms with E-state index in [9.17, 15) is 23.1 Å². The Bertz CT molecular complexity index is 1560. The van der Waals surface area contributed by atoms with Crippen LogP contribution in [0, 0.1) is 5.41 Å². The summed E-state index contributed by atoms with van der Waals surface area (Å²) in [4.78, 5) is 37.7. The normalized spacial score (nSPS) is 13.5. The number of thiophene rings is 1. The predicted octanol–water partition coefficient (Wildman–Crippen LogP) is 6.86. The number of sulfonamides is 1. The Morgan fingerprint density at radius 1 is 0.955 bits per heavy atom. The maximum Gasteiger partial charge on any atom is 0.416 e. The second-order valence-electron chi connectivity index (χ2n) is 13.4. The van der Waals surface area contributed by atoms with Crippen LogP contribution in [-0.4, -0.2) is 51.5 Å². The maximum absolute atomic E-state index is 13.9. The molecule has 3 rings (SSSR count). The van der Waals surface area contributed by atoms with Gasteiger partial charge in [0.25, 0.3) is 10.0 Å². The summed E-state index contributed by atoms with van der Waals surface area (Å²) in [5, 5.41) is 10.1. The molecule has 0 aliphatic rings. The maximum atomic E-state index is 13.9. The van der Waals surface area contributed by atoms with E-state index in [-0.39, 0.29) is 29.3 Å². The molecule has 1 N–H and O–H groups in total. The van der Waals surface area contributed by atoms with Crippen LogP contribution < -0.4 is 4.90 Å². The lowest BCUT2D eigenvalue weighted by atomic mass is 9.85. The van der Waals surface area contributed by atoms with Gasteiger partial charge in [-0.05, 0) is 74.4 Å². The second-order valence-corrected chi connectivity index (χ2v) is 16.4. The molecule has 1 amide bonds. The highest BCUT2D eigenvalue weighted by Gasteiger charge is 2.42. The number of carbonyl (C=O) groups excluding carboxylic acids is 1. The van der Waals surface area contributed by atoms with Crippen LogP contribution in [0.5, 0.6) is 0 Å². The lowest BCUT2D eigenvalue weighted by Crippen LogP contribution is -2.54. The van der Waals surface area contributed by atoms with E-state index in [1.54, 1.807) is 77.1 Å². The van der Waals surface area contributed by atoms with Gasteiger partial charge in [0.05, 0.1) is 12.2 Å². The predicted molar refractivity (Wildman–Crippen MR) is 172 cm³/mol. The summed E-state index contributed by atoms with van der Waals surface area (Å²) in [7, 11) is -4.07. The molecular formula is C32H44N4O6S2. The van der Waals surface area contributed by atoms with Gasteiger partial charge in [0.15, 0.2) is 5.03 Å². The van der Waals surface area contributed by atoms with Crippen molar-refractivity contribution in [1.29, 1.82) is 0 Å². The molecule has 44 heavy (non-hydrogen) atoms. The lowest BCUT2D eigenvalue weighted by molar-refractivity contribution is -0.141. The first-order valence-corrected chi connectivity index (χ1v) is 16.7. The third-order valence-electron chi connectivity index (χ3n) is 7.07. The first-order chi connectivity index (χ1) is 20.3. The molecule has 3 heterocycles. The summed E-state index contributed by atoms with van der Waals surface area (Å²) in [5.41, 5.74) is -1.52. The van der Waals surface area contributed by atoms with Crippen LogP contribution in [0.25, 0.3) is 0 Å². The van der Waals surface area contributed by atoms with Gasteiger partial charge in [-0.3, -0.25) is 0 Å². The molecular weight excluding hydrogens is 601 g/mol. The van der Waals surface area contributed by atoms with Crippen molar-refractivity contribution in [3.05, 3.63) is 70.2 Å². The highest BCUT2D eigenvalue weighted by Crippen LogP contribution is 2.34. The number of carbonyl (C=O) groups is 2. The average molecular weight is 645 g/mol. The summed E-state index contributed by atoms with van der Waals surface area (Å²) < 4.78 is 34.7. The number of carboxylic acid groups (broad SMARTS) is 1. The molecule has 0 saturated heterocycles. The van der Waals surface area contributed by atoms with Gasteiger partial charge in [-0.25, -0.2) is 32.9 Å². The molecule has 1 atom stereocenters. The quantitative estimate of drug-likeness (QED) is 0.240. The molecule has 0 spiro atoms. The third kappa shape index (κ3) is 8.64. The topological polar surface area (TPSA) is 130 Å². The van der Waals surface area contributed by atoms with E-state index in [1.165, 1.54) is 22.6 Å². The smallest absolute Gasteiger partial charge is 0.416 e. The van der Waals surface area contributed by atoms with E-state index >= 15 is 0 Å². The van der Waals surface area contributed by atoms with E-state index in [4.69, 9.17) is 4.74 Å².